The van der Waals surface area contributed by atoms with Gasteiger partial charge in [0.05, 0.1) is 5.69 Å². The highest BCUT2D eigenvalue weighted by Gasteiger charge is 2.44. The largest absolute Gasteiger partial charge is 0.383 e. The van der Waals surface area contributed by atoms with Gasteiger partial charge in [0.25, 0.3) is 5.56 Å². The van der Waals surface area contributed by atoms with Gasteiger partial charge in [0.15, 0.2) is 0 Å². The maximum atomic E-state index is 12.7. The summed E-state index contributed by atoms with van der Waals surface area (Å²) >= 11 is 0. The van der Waals surface area contributed by atoms with E-state index in [2.05, 4.69) is 19.9 Å². The van der Waals surface area contributed by atoms with Crippen molar-refractivity contribution in [1.29, 1.82) is 0 Å². The molecule has 1 aliphatic heterocycles. The predicted molar refractivity (Wildman–Crippen MR) is 111 cm³/mol. The van der Waals surface area contributed by atoms with Gasteiger partial charge in [-0.3, -0.25) is 14.7 Å². The predicted octanol–water partition coefficient (Wildman–Crippen LogP) is 2.29. The van der Waals surface area contributed by atoms with Crippen LogP contribution in [-0.4, -0.2) is 37.9 Å². The molecule has 5 rings (SSSR count). The van der Waals surface area contributed by atoms with Crippen molar-refractivity contribution in [3.8, 4) is 11.4 Å². The molecule has 3 aromatic heterocycles. The molecule has 0 bridgehead atoms. The van der Waals surface area contributed by atoms with Crippen molar-refractivity contribution in [2.45, 2.75) is 37.6 Å². The first-order valence-corrected chi connectivity index (χ1v) is 10.1. The number of nitrogens with zero attached hydrogens (tertiary/aromatic N) is 4. The molecule has 0 amide bonds. The summed E-state index contributed by atoms with van der Waals surface area (Å²) < 4.78 is 0. The van der Waals surface area contributed by atoms with Crippen LogP contribution in [0.5, 0.6) is 0 Å². The Bertz CT molecular complexity index is 1090. The Balaban J connectivity index is 1.40. The first-order valence-electron chi connectivity index (χ1n) is 10.1. The Morgan fingerprint density at radius 2 is 1.97 bits per heavy atom. The van der Waals surface area contributed by atoms with E-state index in [9.17, 15) is 4.79 Å². The van der Waals surface area contributed by atoms with E-state index in [0.717, 1.165) is 67.7 Å². The van der Waals surface area contributed by atoms with E-state index < -0.39 is 0 Å². The van der Waals surface area contributed by atoms with Gasteiger partial charge in [-0.15, -0.1) is 0 Å². The second-order valence-electron chi connectivity index (χ2n) is 8.09. The van der Waals surface area contributed by atoms with Crippen molar-refractivity contribution in [3.05, 3.63) is 70.0 Å². The molecule has 0 radical (unpaired) electrons. The molecule has 0 aromatic carbocycles. The van der Waals surface area contributed by atoms with E-state index in [1.54, 1.807) is 18.6 Å². The first kappa shape index (κ1) is 18.0. The number of hydrogen-bond acceptors (Lipinski definition) is 6. The van der Waals surface area contributed by atoms with Crippen molar-refractivity contribution >= 4 is 5.82 Å². The number of hydrogen-bond donors (Lipinski definition) is 2. The number of nitrogen functional groups attached to an aromatic ring is 1. The fourth-order valence-electron chi connectivity index (χ4n) is 4.74. The number of H-pyrrole nitrogens is 1. The highest BCUT2D eigenvalue weighted by atomic mass is 16.1. The molecule has 4 heterocycles. The van der Waals surface area contributed by atoms with E-state index in [4.69, 9.17) is 10.7 Å². The van der Waals surface area contributed by atoms with Gasteiger partial charge < -0.3 is 10.7 Å². The second kappa shape index (κ2) is 7.08. The van der Waals surface area contributed by atoms with Gasteiger partial charge >= 0.3 is 0 Å². The van der Waals surface area contributed by atoms with Crippen LogP contribution in [0, 0.1) is 0 Å². The van der Waals surface area contributed by atoms with Crippen LogP contribution in [0.4, 0.5) is 5.82 Å². The van der Waals surface area contributed by atoms with Gasteiger partial charge in [-0.25, -0.2) is 9.97 Å². The van der Waals surface area contributed by atoms with Crippen LogP contribution >= 0.6 is 0 Å². The summed E-state index contributed by atoms with van der Waals surface area (Å²) in [6.07, 6.45) is 9.00. The minimum absolute atomic E-state index is 0.00245. The Morgan fingerprint density at radius 3 is 2.72 bits per heavy atom. The molecule has 3 aromatic rings. The minimum Gasteiger partial charge on any atom is -0.383 e. The lowest BCUT2D eigenvalue weighted by molar-refractivity contribution is 0.150. The van der Waals surface area contributed by atoms with Crippen molar-refractivity contribution in [2.75, 3.05) is 18.8 Å². The van der Waals surface area contributed by atoms with Crippen molar-refractivity contribution < 1.29 is 0 Å². The highest BCUT2D eigenvalue weighted by Crippen LogP contribution is 2.44. The number of fused-ring (bicyclic) bond motifs is 2. The molecular formula is C22H24N6O. The quantitative estimate of drug-likeness (QED) is 0.714. The average Bonchev–Trinajstić information content (AvgIpc) is 3.11. The van der Waals surface area contributed by atoms with Crippen molar-refractivity contribution in [2.24, 2.45) is 0 Å². The summed E-state index contributed by atoms with van der Waals surface area (Å²) in [5, 5.41) is 0. The lowest BCUT2D eigenvalue weighted by Crippen LogP contribution is -2.42. The number of likely N-dealkylation sites (tertiary alicyclic amines) is 1. The average molecular weight is 388 g/mol. The molecular weight excluding hydrogens is 364 g/mol. The molecule has 0 saturated carbocycles. The molecule has 1 spiro atoms. The SMILES string of the molecule is Nc1ncccc1CN1CCC2(CCc3c2nc(-c2cccnc2)[nH]c3=O)CC1. The van der Waals surface area contributed by atoms with Gasteiger partial charge in [0.1, 0.15) is 11.6 Å². The number of nitrogens with two attached hydrogens (primary N) is 1. The zero-order valence-electron chi connectivity index (χ0n) is 16.3. The lowest BCUT2D eigenvalue weighted by atomic mass is 9.76. The number of rotatable bonds is 3. The summed E-state index contributed by atoms with van der Waals surface area (Å²) in [6.45, 7) is 2.74. The molecule has 148 valence electrons. The molecule has 3 N–H and O–H groups in total. The Kier molecular flexibility index (Phi) is 4.39. The van der Waals surface area contributed by atoms with Gasteiger partial charge in [-0.05, 0) is 57.0 Å². The Morgan fingerprint density at radius 1 is 1.14 bits per heavy atom. The van der Waals surface area contributed by atoms with Crippen LogP contribution in [0.3, 0.4) is 0 Å². The standard InChI is InChI=1S/C22H24N6O/c23-19-16(4-2-10-25-19)14-28-11-7-22(8-12-28)6-5-17-18(22)26-20(27-21(17)29)15-3-1-9-24-13-15/h1-4,9-10,13H,5-8,11-12,14H2,(H2,23,25)(H,26,27,29). The molecule has 1 fully saturated rings. The zero-order chi connectivity index (χ0) is 19.8. The monoisotopic (exact) mass is 388 g/mol. The van der Waals surface area contributed by atoms with Gasteiger partial charge in [-0.2, -0.15) is 0 Å². The highest BCUT2D eigenvalue weighted by molar-refractivity contribution is 5.54. The second-order valence-corrected chi connectivity index (χ2v) is 8.09. The van der Waals surface area contributed by atoms with E-state index in [0.29, 0.717) is 11.6 Å². The smallest absolute Gasteiger partial charge is 0.254 e. The molecule has 7 heteroatoms. The number of piperidine rings is 1. The summed E-state index contributed by atoms with van der Waals surface area (Å²) in [7, 11) is 0. The van der Waals surface area contributed by atoms with Crippen molar-refractivity contribution in [3.63, 3.8) is 0 Å². The fourth-order valence-corrected chi connectivity index (χ4v) is 4.74. The molecule has 29 heavy (non-hydrogen) atoms. The zero-order valence-corrected chi connectivity index (χ0v) is 16.3. The van der Waals surface area contributed by atoms with Crippen LogP contribution < -0.4 is 11.3 Å². The maximum Gasteiger partial charge on any atom is 0.254 e. The van der Waals surface area contributed by atoms with E-state index >= 15 is 0 Å². The number of anilines is 1. The van der Waals surface area contributed by atoms with Crippen LogP contribution in [0.1, 0.15) is 36.1 Å². The minimum atomic E-state index is -0.00343. The van der Waals surface area contributed by atoms with Crippen LogP contribution in [0.2, 0.25) is 0 Å². The van der Waals surface area contributed by atoms with E-state index in [-0.39, 0.29) is 11.0 Å². The summed E-state index contributed by atoms with van der Waals surface area (Å²) in [4.78, 5) is 31.4. The van der Waals surface area contributed by atoms with Crippen LogP contribution in [-0.2, 0) is 18.4 Å². The van der Waals surface area contributed by atoms with Gasteiger partial charge in [0.2, 0.25) is 0 Å². The Hall–Kier alpha value is -3.06. The molecule has 1 saturated heterocycles. The third kappa shape index (κ3) is 3.21. The number of pyridine rings is 2. The number of nitrogens with one attached hydrogen (secondary N) is 1. The summed E-state index contributed by atoms with van der Waals surface area (Å²) in [5.74, 6) is 1.22. The third-order valence-corrected chi connectivity index (χ3v) is 6.44. The van der Waals surface area contributed by atoms with Gasteiger partial charge in [-0.1, -0.05) is 6.07 Å². The lowest BCUT2D eigenvalue weighted by Gasteiger charge is -2.39. The van der Waals surface area contributed by atoms with Gasteiger partial charge in [0, 0.05) is 47.2 Å². The maximum absolute atomic E-state index is 12.7. The van der Waals surface area contributed by atoms with E-state index in [1.807, 2.05) is 24.3 Å². The normalized spacial score (nSPS) is 18.1. The first-order chi connectivity index (χ1) is 14.1. The molecule has 7 nitrogen and oxygen atoms in total. The molecule has 0 atom stereocenters. The topological polar surface area (TPSA) is 101 Å². The summed E-state index contributed by atoms with van der Waals surface area (Å²) in [5.41, 5.74) is 9.79. The molecule has 1 aliphatic carbocycles. The van der Waals surface area contributed by atoms with E-state index in [1.165, 1.54) is 0 Å². The summed E-state index contributed by atoms with van der Waals surface area (Å²) in [6, 6.07) is 7.76. The molecule has 0 unspecified atom stereocenters. The van der Waals surface area contributed by atoms with Crippen LogP contribution in [0.25, 0.3) is 11.4 Å². The number of aromatic amines is 1. The van der Waals surface area contributed by atoms with Crippen molar-refractivity contribution in [1.82, 2.24) is 24.8 Å². The third-order valence-electron chi connectivity index (χ3n) is 6.44. The Labute approximate surface area is 169 Å². The fraction of sp³-hybridized carbons (Fsp3) is 0.364. The van der Waals surface area contributed by atoms with Crippen LogP contribution in [0.15, 0.2) is 47.7 Å². The number of aromatic nitrogens is 4. The molecule has 2 aliphatic rings.